The molecule has 2 heterocycles. The first-order valence-electron chi connectivity index (χ1n) is 12.2. The highest BCUT2D eigenvalue weighted by atomic mass is 28.2. The fourth-order valence-corrected chi connectivity index (χ4v) is 4.86. The van der Waals surface area contributed by atoms with Gasteiger partial charge in [0.1, 0.15) is 30.2 Å². The highest BCUT2D eigenvalue weighted by molar-refractivity contribution is 6.35. The van der Waals surface area contributed by atoms with E-state index in [0.29, 0.717) is 34.3 Å². The highest BCUT2D eigenvalue weighted by Gasteiger charge is 2.14. The van der Waals surface area contributed by atoms with Crippen LogP contribution in [-0.2, 0) is 6.17 Å². The quantitative estimate of drug-likeness (QED) is 0.224. The molecule has 0 bridgehead atoms. The minimum atomic E-state index is -0.673. The Hall–Kier alpha value is -4.80. The summed E-state index contributed by atoms with van der Waals surface area (Å²) in [5.74, 6) is 0.984. The normalized spacial score (nSPS) is 11.6. The molecule has 1 atom stereocenters. The number of rotatable bonds is 12. The van der Waals surface area contributed by atoms with Gasteiger partial charge >= 0.3 is 0 Å². The van der Waals surface area contributed by atoms with Crippen molar-refractivity contribution in [2.45, 2.75) is 18.8 Å². The maximum absolute atomic E-state index is 12.2. The molecule has 0 saturated carbocycles. The predicted octanol–water partition coefficient (Wildman–Crippen LogP) is 1.63. The lowest BCUT2D eigenvalue weighted by molar-refractivity contribution is 0.0944. The van der Waals surface area contributed by atoms with E-state index in [1.165, 1.54) is 13.4 Å². The maximum atomic E-state index is 12.2. The lowest BCUT2D eigenvalue weighted by atomic mass is 10.1. The number of benzene rings is 2. The Labute approximate surface area is 227 Å². The SMILES string of the molecule is COc1cc(C(=O)NCCO)ccc1Nc1ncc(-c2ccc(C#N)c(O[C@@H](C)[SiH2]Cn3cncn3)c2)cn1. The van der Waals surface area contributed by atoms with Crippen LogP contribution in [0.1, 0.15) is 22.8 Å². The van der Waals surface area contributed by atoms with E-state index in [1.54, 1.807) is 47.7 Å². The van der Waals surface area contributed by atoms with Crippen LogP contribution in [0.4, 0.5) is 11.6 Å². The van der Waals surface area contributed by atoms with Gasteiger partial charge in [-0.1, -0.05) is 6.07 Å². The van der Waals surface area contributed by atoms with Gasteiger partial charge in [-0.3, -0.25) is 9.48 Å². The Balaban J connectivity index is 1.45. The predicted molar refractivity (Wildman–Crippen MR) is 147 cm³/mol. The minimum absolute atomic E-state index is 0.0125. The van der Waals surface area contributed by atoms with E-state index in [-0.39, 0.29) is 24.8 Å². The summed E-state index contributed by atoms with van der Waals surface area (Å²) in [7, 11) is 0.829. The first-order chi connectivity index (χ1) is 19.0. The summed E-state index contributed by atoms with van der Waals surface area (Å²) < 4.78 is 13.4. The molecule has 4 rings (SSSR count). The van der Waals surface area contributed by atoms with Gasteiger partial charge in [0.2, 0.25) is 5.95 Å². The van der Waals surface area contributed by atoms with Gasteiger partial charge in [0.25, 0.3) is 5.91 Å². The van der Waals surface area contributed by atoms with Crippen molar-refractivity contribution in [3.8, 4) is 28.7 Å². The van der Waals surface area contributed by atoms with Crippen molar-refractivity contribution in [3.05, 3.63) is 72.6 Å². The van der Waals surface area contributed by atoms with E-state index in [9.17, 15) is 10.1 Å². The van der Waals surface area contributed by atoms with E-state index >= 15 is 0 Å². The van der Waals surface area contributed by atoms with Crippen LogP contribution in [0.25, 0.3) is 11.1 Å². The molecule has 2 aromatic heterocycles. The van der Waals surface area contributed by atoms with Crippen LogP contribution in [-0.4, -0.2) is 71.3 Å². The number of nitrogens with zero attached hydrogens (tertiary/aromatic N) is 6. The van der Waals surface area contributed by atoms with Crippen LogP contribution in [0.5, 0.6) is 11.5 Å². The molecule has 1 amide bonds. The second kappa shape index (κ2) is 13.1. The Morgan fingerprint density at radius 3 is 2.69 bits per heavy atom. The van der Waals surface area contributed by atoms with Gasteiger partial charge in [-0.25, -0.2) is 15.0 Å². The van der Waals surface area contributed by atoms with Crippen LogP contribution in [0.15, 0.2) is 61.4 Å². The summed E-state index contributed by atoms with van der Waals surface area (Å²) in [6, 6.07) is 12.5. The van der Waals surface area contributed by atoms with Gasteiger partial charge in [-0.15, -0.1) is 0 Å². The number of carbonyl (C=O) groups excluding carboxylic acids is 1. The third-order valence-electron chi connectivity index (χ3n) is 5.75. The van der Waals surface area contributed by atoms with Crippen molar-refractivity contribution in [3.63, 3.8) is 0 Å². The number of hydrogen-bond donors (Lipinski definition) is 3. The zero-order chi connectivity index (χ0) is 27.6. The monoisotopic (exact) mass is 544 g/mol. The molecule has 0 radical (unpaired) electrons. The van der Waals surface area contributed by atoms with Gasteiger partial charge < -0.3 is 25.2 Å². The molecule has 0 unspecified atom stereocenters. The van der Waals surface area contributed by atoms with E-state index in [1.807, 2.05) is 19.1 Å². The molecular formula is C26H28N8O4Si. The Morgan fingerprint density at radius 2 is 2.00 bits per heavy atom. The number of ether oxygens (including phenoxy) is 2. The van der Waals surface area contributed by atoms with E-state index in [0.717, 1.165) is 17.3 Å². The molecule has 0 aliphatic carbocycles. The summed E-state index contributed by atoms with van der Waals surface area (Å²) in [6.07, 6.45) is 7.33. The molecule has 0 aliphatic heterocycles. The molecular weight excluding hydrogens is 516 g/mol. The number of carbonyl (C=O) groups is 1. The molecule has 0 saturated heterocycles. The number of aliphatic hydroxyl groups excluding tert-OH is 1. The molecule has 13 heteroatoms. The van der Waals surface area contributed by atoms with Gasteiger partial charge in [0, 0.05) is 36.2 Å². The first kappa shape index (κ1) is 27.2. The van der Waals surface area contributed by atoms with Crippen molar-refractivity contribution in [1.29, 1.82) is 5.26 Å². The topological polar surface area (TPSA) is 160 Å². The standard InChI is InChI=1S/C26H28N8O4Si/c1-17(39-16-34-15-28-14-32-34)38-23-9-18(3-4-20(23)11-27)21-12-30-26(31-13-21)33-22-6-5-19(10-24(22)37-2)25(36)29-7-8-35/h3-6,9-10,12-15,17,35H,7-8,16,39H2,1-2H3,(H,29,36)(H,30,31,33)/t17-/m1/s1. The van der Waals surface area contributed by atoms with Crippen LogP contribution in [0.3, 0.4) is 0 Å². The van der Waals surface area contributed by atoms with Gasteiger partial charge in [0.15, 0.2) is 0 Å². The molecule has 200 valence electrons. The average molecular weight is 545 g/mol. The van der Waals surface area contributed by atoms with Crippen LogP contribution < -0.4 is 20.1 Å². The molecule has 0 aliphatic rings. The second-order valence-electron chi connectivity index (χ2n) is 8.51. The highest BCUT2D eigenvalue weighted by Crippen LogP contribution is 2.30. The van der Waals surface area contributed by atoms with Crippen molar-refractivity contribution < 1.29 is 19.4 Å². The summed E-state index contributed by atoms with van der Waals surface area (Å²) in [4.78, 5) is 25.0. The van der Waals surface area contributed by atoms with Crippen LogP contribution in [0.2, 0.25) is 0 Å². The number of amides is 1. The Morgan fingerprint density at radius 1 is 1.18 bits per heavy atom. The number of nitrogens with one attached hydrogen (secondary N) is 2. The third-order valence-corrected chi connectivity index (χ3v) is 7.45. The maximum Gasteiger partial charge on any atom is 0.251 e. The van der Waals surface area contributed by atoms with E-state index in [2.05, 4.69) is 36.8 Å². The third kappa shape index (κ3) is 7.16. The minimum Gasteiger partial charge on any atom is -0.495 e. The zero-order valence-electron chi connectivity index (χ0n) is 21.5. The largest absolute Gasteiger partial charge is 0.495 e. The van der Waals surface area contributed by atoms with Crippen molar-refractivity contribution in [2.75, 3.05) is 25.6 Å². The Bertz CT molecular complexity index is 1440. The molecule has 0 spiro atoms. The molecule has 2 aromatic carbocycles. The summed E-state index contributed by atoms with van der Waals surface area (Å²) >= 11 is 0. The number of anilines is 2. The van der Waals surface area contributed by atoms with E-state index < -0.39 is 9.52 Å². The van der Waals surface area contributed by atoms with Gasteiger partial charge in [-0.2, -0.15) is 10.4 Å². The first-order valence-corrected chi connectivity index (χ1v) is 14.0. The number of hydrogen-bond acceptors (Lipinski definition) is 10. The lowest BCUT2D eigenvalue weighted by Gasteiger charge is -2.16. The van der Waals surface area contributed by atoms with Crippen LogP contribution in [0, 0.1) is 11.3 Å². The Kier molecular flexibility index (Phi) is 9.17. The number of aliphatic hydroxyl groups is 1. The zero-order valence-corrected chi connectivity index (χ0v) is 22.9. The molecule has 39 heavy (non-hydrogen) atoms. The van der Waals surface area contributed by atoms with Crippen molar-refractivity contribution in [1.82, 2.24) is 30.0 Å². The van der Waals surface area contributed by atoms with E-state index in [4.69, 9.17) is 14.6 Å². The number of aromatic nitrogens is 5. The average Bonchev–Trinajstić information content (AvgIpc) is 3.49. The fraction of sp³-hybridized carbons (Fsp3) is 0.231. The number of methoxy groups -OCH3 is 1. The van der Waals surface area contributed by atoms with Crippen molar-refractivity contribution in [2.24, 2.45) is 0 Å². The summed E-state index contributed by atoms with van der Waals surface area (Å²) in [6.45, 7) is 2.03. The lowest BCUT2D eigenvalue weighted by Crippen LogP contribution is -2.26. The van der Waals surface area contributed by atoms with Crippen molar-refractivity contribution >= 4 is 27.1 Å². The van der Waals surface area contributed by atoms with Crippen LogP contribution >= 0.6 is 0 Å². The second-order valence-corrected chi connectivity index (χ2v) is 10.7. The smallest absolute Gasteiger partial charge is 0.251 e. The van der Waals surface area contributed by atoms with Gasteiger partial charge in [0.05, 0.1) is 40.2 Å². The molecule has 12 nitrogen and oxygen atoms in total. The number of nitriles is 1. The molecule has 3 N–H and O–H groups in total. The van der Waals surface area contributed by atoms with Gasteiger partial charge in [-0.05, 0) is 42.8 Å². The molecule has 4 aromatic rings. The fourth-order valence-electron chi connectivity index (χ4n) is 3.70. The molecule has 0 fully saturated rings. The summed E-state index contributed by atoms with van der Waals surface area (Å²) in [5.41, 5.74) is 3.00. The summed E-state index contributed by atoms with van der Waals surface area (Å²) in [5, 5.41) is 28.3.